The molecule has 1 aromatic carbocycles. The number of ether oxygens (including phenoxy) is 1. The summed E-state index contributed by atoms with van der Waals surface area (Å²) in [6, 6.07) is 9.25. The predicted molar refractivity (Wildman–Crippen MR) is 68.0 cm³/mol. The molecule has 0 saturated heterocycles. The van der Waals surface area contributed by atoms with Crippen molar-refractivity contribution in [2.45, 2.75) is 13.3 Å². The topological polar surface area (TPSA) is 58.8 Å². The molecule has 0 radical (unpaired) electrons. The molecule has 4 nitrogen and oxygen atoms in total. The summed E-state index contributed by atoms with van der Waals surface area (Å²) in [6.07, 6.45) is 4.28. The molecular formula is C14H13N3O. The van der Waals surface area contributed by atoms with Crippen molar-refractivity contribution in [3.05, 3.63) is 42.2 Å². The Morgan fingerprint density at radius 2 is 1.83 bits per heavy atom. The molecule has 0 atom stereocenters. The number of benzene rings is 1. The highest BCUT2D eigenvalue weighted by Gasteiger charge is 2.02. The molecule has 0 spiro atoms. The van der Waals surface area contributed by atoms with E-state index in [2.05, 4.69) is 16.0 Å². The summed E-state index contributed by atoms with van der Waals surface area (Å²) in [5, 5.41) is 8.72. The van der Waals surface area contributed by atoms with Crippen LogP contribution >= 0.6 is 0 Å². The number of nitrogens with zero attached hydrogens (tertiary/aromatic N) is 3. The van der Waals surface area contributed by atoms with E-state index >= 15 is 0 Å². The average Bonchev–Trinajstić information content (AvgIpc) is 2.46. The second-order valence-electron chi connectivity index (χ2n) is 3.78. The van der Waals surface area contributed by atoms with Gasteiger partial charge in [0.2, 0.25) is 0 Å². The van der Waals surface area contributed by atoms with Gasteiger partial charge in [0.15, 0.2) is 11.6 Å². The van der Waals surface area contributed by atoms with E-state index in [-0.39, 0.29) is 0 Å². The first-order valence-corrected chi connectivity index (χ1v) is 5.79. The van der Waals surface area contributed by atoms with E-state index in [9.17, 15) is 0 Å². The fourth-order valence-corrected chi connectivity index (χ4v) is 1.45. The van der Waals surface area contributed by atoms with E-state index in [0.717, 1.165) is 12.0 Å². The normalized spacial score (nSPS) is 9.78. The van der Waals surface area contributed by atoms with Gasteiger partial charge in [0.25, 0.3) is 0 Å². The summed E-state index contributed by atoms with van der Waals surface area (Å²) in [6.45, 7) is 2.71. The number of rotatable bonds is 4. The van der Waals surface area contributed by atoms with Gasteiger partial charge in [-0.15, -0.1) is 0 Å². The maximum absolute atomic E-state index is 8.72. The Morgan fingerprint density at radius 3 is 2.39 bits per heavy atom. The van der Waals surface area contributed by atoms with Crippen LogP contribution in [0.1, 0.15) is 18.9 Å². The lowest BCUT2D eigenvalue weighted by molar-refractivity contribution is 0.315. The molecule has 4 heteroatoms. The van der Waals surface area contributed by atoms with Crippen molar-refractivity contribution in [3.8, 4) is 23.2 Å². The smallest absolute Gasteiger partial charge is 0.159 e. The minimum atomic E-state index is 0.627. The Labute approximate surface area is 106 Å². The third kappa shape index (κ3) is 2.83. The number of hydrogen-bond acceptors (Lipinski definition) is 4. The molecule has 0 unspecified atom stereocenters. The van der Waals surface area contributed by atoms with Crippen LogP contribution < -0.4 is 4.74 Å². The Morgan fingerprint density at radius 1 is 1.17 bits per heavy atom. The zero-order valence-corrected chi connectivity index (χ0v) is 10.1. The maximum Gasteiger partial charge on any atom is 0.159 e. The SMILES string of the molecule is CCCOc1cnc(-c2ccc(C#N)cc2)nc1. The van der Waals surface area contributed by atoms with E-state index in [4.69, 9.17) is 10.00 Å². The van der Waals surface area contributed by atoms with Crippen LogP contribution in [0.3, 0.4) is 0 Å². The molecule has 18 heavy (non-hydrogen) atoms. The van der Waals surface area contributed by atoms with Gasteiger partial charge in [0.1, 0.15) is 0 Å². The highest BCUT2D eigenvalue weighted by Crippen LogP contribution is 2.17. The summed E-state index contributed by atoms with van der Waals surface area (Å²) < 4.78 is 5.41. The van der Waals surface area contributed by atoms with Crippen LogP contribution in [0.5, 0.6) is 5.75 Å². The molecule has 0 aliphatic carbocycles. The predicted octanol–water partition coefficient (Wildman–Crippen LogP) is 2.80. The van der Waals surface area contributed by atoms with E-state index in [0.29, 0.717) is 23.7 Å². The average molecular weight is 239 g/mol. The zero-order valence-electron chi connectivity index (χ0n) is 10.1. The van der Waals surface area contributed by atoms with Crippen molar-refractivity contribution < 1.29 is 4.74 Å². The second-order valence-corrected chi connectivity index (χ2v) is 3.78. The van der Waals surface area contributed by atoms with Crippen molar-refractivity contribution in [1.82, 2.24) is 9.97 Å². The Kier molecular flexibility index (Phi) is 3.87. The summed E-state index contributed by atoms with van der Waals surface area (Å²) in [5.41, 5.74) is 1.51. The molecule has 1 aromatic heterocycles. The van der Waals surface area contributed by atoms with Crippen LogP contribution in [0.15, 0.2) is 36.7 Å². The van der Waals surface area contributed by atoms with Crippen LogP contribution in [-0.2, 0) is 0 Å². The third-order valence-corrected chi connectivity index (χ3v) is 2.37. The molecule has 2 aromatic rings. The Hall–Kier alpha value is -2.41. The maximum atomic E-state index is 8.72. The molecule has 2 rings (SSSR count). The quantitative estimate of drug-likeness (QED) is 0.823. The van der Waals surface area contributed by atoms with Crippen LogP contribution in [0.25, 0.3) is 11.4 Å². The van der Waals surface area contributed by atoms with Crippen molar-refractivity contribution in [3.63, 3.8) is 0 Å². The van der Waals surface area contributed by atoms with Crippen LogP contribution in [0.2, 0.25) is 0 Å². The van der Waals surface area contributed by atoms with Gasteiger partial charge in [-0.05, 0) is 30.7 Å². The molecular weight excluding hydrogens is 226 g/mol. The van der Waals surface area contributed by atoms with Gasteiger partial charge >= 0.3 is 0 Å². The van der Waals surface area contributed by atoms with Gasteiger partial charge in [0.05, 0.1) is 30.6 Å². The van der Waals surface area contributed by atoms with Gasteiger partial charge in [0, 0.05) is 5.56 Å². The highest BCUT2D eigenvalue weighted by molar-refractivity contribution is 5.56. The minimum Gasteiger partial charge on any atom is -0.490 e. The summed E-state index contributed by atoms with van der Waals surface area (Å²) in [5.74, 6) is 1.30. The Balaban J connectivity index is 2.15. The van der Waals surface area contributed by atoms with E-state index in [1.807, 2.05) is 19.1 Å². The lowest BCUT2D eigenvalue weighted by atomic mass is 10.1. The molecule has 1 heterocycles. The first kappa shape index (κ1) is 12.1. The van der Waals surface area contributed by atoms with Gasteiger partial charge in [-0.3, -0.25) is 0 Å². The van der Waals surface area contributed by atoms with Crippen molar-refractivity contribution >= 4 is 0 Å². The number of nitriles is 1. The van der Waals surface area contributed by atoms with E-state index in [1.165, 1.54) is 0 Å². The van der Waals surface area contributed by atoms with Crippen LogP contribution in [0, 0.1) is 11.3 Å². The Bertz CT molecular complexity index is 541. The first-order chi connectivity index (χ1) is 8.83. The lowest BCUT2D eigenvalue weighted by Crippen LogP contribution is -1.97. The summed E-state index contributed by atoms with van der Waals surface area (Å²) >= 11 is 0. The summed E-state index contributed by atoms with van der Waals surface area (Å²) in [7, 11) is 0. The monoisotopic (exact) mass is 239 g/mol. The minimum absolute atomic E-state index is 0.627. The number of aromatic nitrogens is 2. The fourth-order valence-electron chi connectivity index (χ4n) is 1.45. The third-order valence-electron chi connectivity index (χ3n) is 2.37. The number of hydrogen-bond donors (Lipinski definition) is 0. The van der Waals surface area contributed by atoms with Gasteiger partial charge in [-0.2, -0.15) is 5.26 Å². The molecule has 0 fully saturated rings. The van der Waals surface area contributed by atoms with E-state index < -0.39 is 0 Å². The van der Waals surface area contributed by atoms with Gasteiger partial charge in [-0.25, -0.2) is 9.97 Å². The molecule has 0 aliphatic rings. The van der Waals surface area contributed by atoms with Crippen molar-refractivity contribution in [2.75, 3.05) is 6.61 Å². The fraction of sp³-hybridized carbons (Fsp3) is 0.214. The van der Waals surface area contributed by atoms with Crippen molar-refractivity contribution in [1.29, 1.82) is 5.26 Å². The zero-order chi connectivity index (χ0) is 12.8. The molecule has 0 amide bonds. The second kappa shape index (κ2) is 5.78. The molecule has 0 N–H and O–H groups in total. The lowest BCUT2D eigenvalue weighted by Gasteiger charge is -2.04. The molecule has 90 valence electrons. The highest BCUT2D eigenvalue weighted by atomic mass is 16.5. The standard InChI is InChI=1S/C14H13N3O/c1-2-7-18-13-9-16-14(17-10-13)12-5-3-11(8-15)4-6-12/h3-6,9-10H,2,7H2,1H3. The van der Waals surface area contributed by atoms with Crippen molar-refractivity contribution in [2.24, 2.45) is 0 Å². The van der Waals surface area contributed by atoms with Crippen LogP contribution in [-0.4, -0.2) is 16.6 Å². The summed E-state index contributed by atoms with van der Waals surface area (Å²) in [4.78, 5) is 8.48. The largest absolute Gasteiger partial charge is 0.490 e. The van der Waals surface area contributed by atoms with Crippen LogP contribution in [0.4, 0.5) is 0 Å². The van der Waals surface area contributed by atoms with Gasteiger partial charge in [-0.1, -0.05) is 6.92 Å². The first-order valence-electron chi connectivity index (χ1n) is 5.79. The molecule has 0 saturated carbocycles. The molecule has 0 aliphatic heterocycles. The van der Waals surface area contributed by atoms with E-state index in [1.54, 1.807) is 24.5 Å². The van der Waals surface area contributed by atoms with Gasteiger partial charge < -0.3 is 4.74 Å². The molecule has 0 bridgehead atoms.